The lowest BCUT2D eigenvalue weighted by Crippen LogP contribution is -2.49. The highest BCUT2D eigenvalue weighted by atomic mass is 16.2. The Balaban J connectivity index is 1.92. The minimum absolute atomic E-state index is 0.500. The van der Waals surface area contributed by atoms with E-state index in [1.54, 1.807) is 60.7 Å². The van der Waals surface area contributed by atoms with Gasteiger partial charge in [0.25, 0.3) is 0 Å². The van der Waals surface area contributed by atoms with Gasteiger partial charge in [-0.1, -0.05) is 36.4 Å². The number of nitrogens with zero attached hydrogens (tertiary/aromatic N) is 4. The van der Waals surface area contributed by atoms with E-state index < -0.39 is 36.2 Å². The third kappa shape index (κ3) is 2.45. The van der Waals surface area contributed by atoms with E-state index in [0.29, 0.717) is 11.4 Å². The largest absolute Gasteiger partial charge is 0.334 e. The number of carbonyl (C=O) groups is 4. The Kier molecular flexibility index (Phi) is 4.11. The fourth-order valence-corrected chi connectivity index (χ4v) is 3.79. The second kappa shape index (κ2) is 6.49. The first kappa shape index (κ1) is 17.7. The van der Waals surface area contributed by atoms with Gasteiger partial charge in [0.15, 0.2) is 12.3 Å². The van der Waals surface area contributed by atoms with Crippen LogP contribution in [-0.2, 0) is 9.59 Å². The molecule has 2 aliphatic heterocycles. The van der Waals surface area contributed by atoms with Crippen LogP contribution in [0.3, 0.4) is 0 Å². The van der Waals surface area contributed by atoms with Crippen LogP contribution in [0, 0.1) is 0 Å². The highest BCUT2D eigenvalue weighted by molar-refractivity contribution is 6.13. The van der Waals surface area contributed by atoms with Gasteiger partial charge in [-0.3, -0.25) is 19.4 Å². The Bertz CT molecular complexity index is 883. The Labute approximate surface area is 161 Å². The van der Waals surface area contributed by atoms with Crippen molar-refractivity contribution in [2.75, 3.05) is 9.80 Å². The van der Waals surface area contributed by atoms with E-state index in [9.17, 15) is 19.2 Å². The van der Waals surface area contributed by atoms with E-state index in [1.807, 2.05) is 0 Å². The van der Waals surface area contributed by atoms with Crippen LogP contribution in [0.2, 0.25) is 0 Å². The molecule has 4 rings (SSSR count). The van der Waals surface area contributed by atoms with Gasteiger partial charge in [-0.05, 0) is 24.3 Å². The highest BCUT2D eigenvalue weighted by Gasteiger charge is 2.62. The fourth-order valence-electron chi connectivity index (χ4n) is 3.79. The zero-order chi connectivity index (χ0) is 20.0. The Morgan fingerprint density at radius 3 is 1.25 bits per heavy atom. The van der Waals surface area contributed by atoms with Gasteiger partial charge in [0.1, 0.15) is 0 Å². The summed E-state index contributed by atoms with van der Waals surface area (Å²) in [4.78, 5) is 55.8. The van der Waals surface area contributed by atoms with Crippen molar-refractivity contribution in [3.63, 3.8) is 0 Å². The minimum atomic E-state index is -0.955. The number of hydrogen-bond acceptors (Lipinski definition) is 4. The summed E-state index contributed by atoms with van der Waals surface area (Å²) in [7, 11) is 0. The first-order valence-corrected chi connectivity index (χ1v) is 8.79. The Hall–Kier alpha value is -3.68. The minimum Gasteiger partial charge on any atom is -0.275 e. The molecule has 2 aromatic rings. The number of carbonyl (C=O) groups excluding carboxylic acids is 4. The van der Waals surface area contributed by atoms with Crippen LogP contribution in [-0.4, -0.2) is 46.0 Å². The van der Waals surface area contributed by atoms with Crippen molar-refractivity contribution in [3.8, 4) is 0 Å². The zero-order valence-corrected chi connectivity index (χ0v) is 15.4. The number of amides is 6. The van der Waals surface area contributed by atoms with Gasteiger partial charge in [-0.15, -0.1) is 0 Å². The molecule has 0 saturated carbocycles. The molecule has 2 aromatic carbocycles. The van der Waals surface area contributed by atoms with Crippen molar-refractivity contribution in [2.45, 2.75) is 26.2 Å². The lowest BCUT2D eigenvalue weighted by atomic mass is 10.2. The van der Waals surface area contributed by atoms with Crippen molar-refractivity contribution in [2.24, 2.45) is 0 Å². The molecule has 142 valence electrons. The zero-order valence-electron chi connectivity index (χ0n) is 15.4. The average molecular weight is 378 g/mol. The molecule has 8 heteroatoms. The first-order chi connectivity index (χ1) is 13.4. The molecule has 2 fully saturated rings. The van der Waals surface area contributed by atoms with Gasteiger partial charge in [-0.2, -0.15) is 0 Å². The smallest absolute Gasteiger partial charge is 0.275 e. The van der Waals surface area contributed by atoms with E-state index in [-0.39, 0.29) is 0 Å². The SMILES string of the molecule is CC(=O)N1C(=O)N(c2ccccc2)[C@H]2[C@@H]1N(c1ccccc1)C(=O)N2C(C)=O. The molecular weight excluding hydrogens is 360 g/mol. The molecule has 0 N–H and O–H groups in total. The molecule has 0 aliphatic carbocycles. The molecule has 2 atom stereocenters. The number of urea groups is 2. The highest BCUT2D eigenvalue weighted by Crippen LogP contribution is 2.40. The molecule has 8 nitrogen and oxygen atoms in total. The summed E-state index contributed by atoms with van der Waals surface area (Å²) >= 11 is 0. The third-order valence-corrected chi connectivity index (χ3v) is 4.90. The number of anilines is 2. The van der Waals surface area contributed by atoms with Gasteiger partial charge in [0.2, 0.25) is 11.8 Å². The molecule has 28 heavy (non-hydrogen) atoms. The lowest BCUT2D eigenvalue weighted by Gasteiger charge is -2.27. The van der Waals surface area contributed by atoms with Crippen LogP contribution in [0.5, 0.6) is 0 Å². The monoisotopic (exact) mass is 378 g/mol. The number of fused-ring (bicyclic) bond motifs is 1. The van der Waals surface area contributed by atoms with E-state index in [1.165, 1.54) is 23.6 Å². The number of para-hydroxylation sites is 2. The summed E-state index contributed by atoms with van der Waals surface area (Å²) in [5.74, 6) is -1.00. The van der Waals surface area contributed by atoms with E-state index in [4.69, 9.17) is 0 Å². The van der Waals surface area contributed by atoms with Gasteiger partial charge in [-0.25, -0.2) is 19.4 Å². The quantitative estimate of drug-likeness (QED) is 0.804. The van der Waals surface area contributed by atoms with Gasteiger partial charge in [0.05, 0.1) is 0 Å². The Morgan fingerprint density at radius 1 is 0.643 bits per heavy atom. The summed E-state index contributed by atoms with van der Waals surface area (Å²) in [6.07, 6.45) is -1.91. The predicted octanol–water partition coefficient (Wildman–Crippen LogP) is 2.62. The summed E-state index contributed by atoms with van der Waals surface area (Å²) in [5.41, 5.74) is 1.00. The van der Waals surface area contributed by atoms with E-state index in [0.717, 1.165) is 9.80 Å². The lowest BCUT2D eigenvalue weighted by molar-refractivity contribution is -0.129. The summed E-state index contributed by atoms with van der Waals surface area (Å²) in [6.45, 7) is 2.54. The molecule has 2 saturated heterocycles. The maximum atomic E-state index is 13.2. The van der Waals surface area contributed by atoms with Crippen molar-refractivity contribution < 1.29 is 19.2 Å². The number of imide groups is 2. The molecule has 0 aromatic heterocycles. The molecule has 6 amide bonds. The maximum Gasteiger partial charge on any atom is 0.334 e. The normalized spacial score (nSPS) is 21.4. The first-order valence-electron chi connectivity index (χ1n) is 8.79. The molecule has 2 aliphatic rings. The topological polar surface area (TPSA) is 81.2 Å². The van der Waals surface area contributed by atoms with Crippen molar-refractivity contribution in [1.82, 2.24) is 9.80 Å². The number of benzene rings is 2. The van der Waals surface area contributed by atoms with Crippen LogP contribution in [0.1, 0.15) is 13.8 Å². The van der Waals surface area contributed by atoms with Gasteiger partial charge >= 0.3 is 12.1 Å². The third-order valence-electron chi connectivity index (χ3n) is 4.90. The van der Waals surface area contributed by atoms with Crippen LogP contribution in [0.25, 0.3) is 0 Å². The second-order valence-corrected chi connectivity index (χ2v) is 6.58. The van der Waals surface area contributed by atoms with Gasteiger partial charge < -0.3 is 0 Å². The van der Waals surface area contributed by atoms with Crippen LogP contribution < -0.4 is 9.80 Å². The molecule has 0 unspecified atom stereocenters. The predicted molar refractivity (Wildman–Crippen MR) is 101 cm³/mol. The van der Waals surface area contributed by atoms with E-state index in [2.05, 4.69) is 0 Å². The van der Waals surface area contributed by atoms with Crippen molar-refractivity contribution >= 4 is 35.3 Å². The maximum absolute atomic E-state index is 13.2. The van der Waals surface area contributed by atoms with Crippen LogP contribution in [0.4, 0.5) is 21.0 Å². The summed E-state index contributed by atoms with van der Waals surface area (Å²) in [5, 5.41) is 0. The van der Waals surface area contributed by atoms with Crippen molar-refractivity contribution in [1.29, 1.82) is 0 Å². The van der Waals surface area contributed by atoms with E-state index >= 15 is 0 Å². The number of rotatable bonds is 2. The molecule has 0 bridgehead atoms. The van der Waals surface area contributed by atoms with Crippen LogP contribution in [0.15, 0.2) is 60.7 Å². The second-order valence-electron chi connectivity index (χ2n) is 6.58. The standard InChI is InChI=1S/C20H18N4O4/c1-13(25)21-17-18(24(19(21)27)16-11-7-4-8-12-16)22(14(2)26)20(28)23(17)15-9-5-3-6-10-15/h3-12,17-18H,1-2H3/t17-,18-/m0/s1. The molecular formula is C20H18N4O4. The molecule has 0 radical (unpaired) electrons. The fraction of sp³-hybridized carbons (Fsp3) is 0.200. The molecule has 0 spiro atoms. The van der Waals surface area contributed by atoms with Crippen molar-refractivity contribution in [3.05, 3.63) is 60.7 Å². The van der Waals surface area contributed by atoms with Gasteiger partial charge in [0, 0.05) is 25.2 Å². The average Bonchev–Trinajstić information content (AvgIpc) is 3.12. The number of hydrogen-bond donors (Lipinski definition) is 0. The summed E-state index contributed by atoms with van der Waals surface area (Å²) < 4.78 is 0. The summed E-state index contributed by atoms with van der Waals surface area (Å²) in [6, 6.07) is 16.2. The molecule has 2 heterocycles. The Morgan fingerprint density at radius 2 is 0.964 bits per heavy atom. The van der Waals surface area contributed by atoms with Crippen LogP contribution >= 0.6 is 0 Å².